The molecule has 0 saturated heterocycles. The van der Waals surface area contributed by atoms with E-state index in [1.165, 1.54) is 0 Å². The average molecular weight is 156 g/mol. The number of hydrogen-bond acceptors (Lipinski definition) is 3. The Morgan fingerprint density at radius 1 is 1.56 bits per heavy atom. The van der Waals surface area contributed by atoms with E-state index < -0.39 is 16.8 Å². The quantitative estimate of drug-likeness (QED) is 0.550. The molecule has 0 spiro atoms. The van der Waals surface area contributed by atoms with Gasteiger partial charge in [-0.1, -0.05) is 0 Å². The van der Waals surface area contributed by atoms with Gasteiger partial charge in [0.05, 0.1) is 19.5 Å². The lowest BCUT2D eigenvalue weighted by Gasteiger charge is -1.95. The molecule has 0 aromatic carbocycles. The van der Waals surface area contributed by atoms with E-state index in [0.29, 0.717) is 0 Å². The molecule has 9 heavy (non-hydrogen) atoms. The molecule has 0 amide bonds. The van der Waals surface area contributed by atoms with Crippen molar-refractivity contribution in [2.75, 3.05) is 19.5 Å². The van der Waals surface area contributed by atoms with E-state index in [2.05, 4.69) is 4.18 Å². The van der Waals surface area contributed by atoms with E-state index in [1.807, 2.05) is 0 Å². The molecule has 0 bridgehead atoms. The summed E-state index contributed by atoms with van der Waals surface area (Å²) in [6.07, 6.45) is 0.0101. The summed E-state index contributed by atoms with van der Waals surface area (Å²) in [7, 11) is -2.36. The fourth-order valence-electron chi connectivity index (χ4n) is 0.315. The van der Waals surface area contributed by atoms with E-state index in [0.717, 1.165) is 7.11 Å². The summed E-state index contributed by atoms with van der Waals surface area (Å²) in [5, 5.41) is 0. The fourth-order valence-corrected chi connectivity index (χ4v) is 0.944. The van der Waals surface area contributed by atoms with Crippen LogP contribution >= 0.6 is 0 Å². The first-order valence-corrected chi connectivity index (χ1v) is 4.04. The van der Waals surface area contributed by atoms with Crippen LogP contribution in [0.25, 0.3) is 0 Å². The average Bonchev–Trinajstić information content (AvgIpc) is 1.84. The number of hydrogen-bond donors (Lipinski definition) is 0. The second-order valence-electron chi connectivity index (χ2n) is 1.47. The SMILES string of the molecule is COS(=O)(=O)CCCF. The van der Waals surface area contributed by atoms with Crippen molar-refractivity contribution < 1.29 is 17.0 Å². The van der Waals surface area contributed by atoms with Crippen LogP contribution in [-0.4, -0.2) is 28.0 Å². The summed E-state index contributed by atoms with van der Waals surface area (Å²) in [6.45, 7) is -0.622. The minimum atomic E-state index is -3.42. The van der Waals surface area contributed by atoms with Gasteiger partial charge in [0.2, 0.25) is 0 Å². The molecule has 56 valence electrons. The molecule has 0 N–H and O–H groups in total. The minimum absolute atomic E-state index is 0.0101. The monoisotopic (exact) mass is 156 g/mol. The Morgan fingerprint density at radius 2 is 2.11 bits per heavy atom. The summed E-state index contributed by atoms with van der Waals surface area (Å²) in [5.74, 6) is -0.236. The molecule has 0 radical (unpaired) electrons. The van der Waals surface area contributed by atoms with Gasteiger partial charge >= 0.3 is 0 Å². The molecule has 3 nitrogen and oxygen atoms in total. The van der Waals surface area contributed by atoms with Crippen LogP contribution in [0.4, 0.5) is 4.39 Å². The van der Waals surface area contributed by atoms with Crippen molar-refractivity contribution in [3.05, 3.63) is 0 Å². The maximum Gasteiger partial charge on any atom is 0.267 e. The highest BCUT2D eigenvalue weighted by atomic mass is 32.2. The van der Waals surface area contributed by atoms with E-state index in [1.54, 1.807) is 0 Å². The van der Waals surface area contributed by atoms with Gasteiger partial charge in [0.25, 0.3) is 10.1 Å². The Morgan fingerprint density at radius 3 is 2.44 bits per heavy atom. The molecule has 0 aliphatic rings. The number of halogens is 1. The zero-order valence-electron chi connectivity index (χ0n) is 5.13. The zero-order chi connectivity index (χ0) is 7.33. The molecule has 0 aromatic heterocycles. The van der Waals surface area contributed by atoms with E-state index in [4.69, 9.17) is 0 Å². The molecule has 5 heteroatoms. The summed E-state index contributed by atoms with van der Waals surface area (Å²) in [4.78, 5) is 0. The van der Waals surface area contributed by atoms with Crippen LogP contribution in [-0.2, 0) is 14.3 Å². The van der Waals surface area contributed by atoms with Crippen LogP contribution in [0.15, 0.2) is 0 Å². The fraction of sp³-hybridized carbons (Fsp3) is 1.00. The predicted octanol–water partition coefficient (Wildman–Crippen LogP) is 0.322. The Labute approximate surface area is 53.9 Å². The van der Waals surface area contributed by atoms with Crippen molar-refractivity contribution >= 4 is 10.1 Å². The molecule has 0 aliphatic heterocycles. The third kappa shape index (κ3) is 4.35. The van der Waals surface area contributed by atoms with Gasteiger partial charge in [-0.25, -0.2) is 0 Å². The van der Waals surface area contributed by atoms with Crippen LogP contribution in [0.2, 0.25) is 0 Å². The maximum atomic E-state index is 11.3. The molecule has 0 rings (SSSR count). The Hall–Kier alpha value is -0.160. The first-order chi connectivity index (χ1) is 4.12. The first-order valence-electron chi connectivity index (χ1n) is 2.46. The van der Waals surface area contributed by atoms with Crippen molar-refractivity contribution in [1.82, 2.24) is 0 Å². The van der Waals surface area contributed by atoms with Crippen LogP contribution in [0, 0.1) is 0 Å². The van der Waals surface area contributed by atoms with Crippen molar-refractivity contribution in [2.45, 2.75) is 6.42 Å². The molecule has 0 fully saturated rings. The highest BCUT2D eigenvalue weighted by Crippen LogP contribution is 1.93. The van der Waals surface area contributed by atoms with Gasteiger partial charge in [-0.3, -0.25) is 8.57 Å². The topological polar surface area (TPSA) is 43.4 Å². The third-order valence-electron chi connectivity index (χ3n) is 0.782. The Bertz CT molecular complexity index is 151. The normalized spacial score (nSPS) is 11.8. The Kier molecular flexibility index (Phi) is 3.72. The van der Waals surface area contributed by atoms with Gasteiger partial charge in [0.1, 0.15) is 0 Å². The first kappa shape index (κ1) is 8.84. The highest BCUT2D eigenvalue weighted by molar-refractivity contribution is 7.86. The number of rotatable bonds is 4. The number of alkyl halides is 1. The van der Waals surface area contributed by atoms with Crippen LogP contribution in [0.3, 0.4) is 0 Å². The standard InChI is InChI=1S/C4H9FO3S/c1-8-9(6,7)4-2-3-5/h2-4H2,1H3. The molecule has 0 unspecified atom stereocenters. The van der Waals surface area contributed by atoms with Gasteiger partial charge in [-0.2, -0.15) is 8.42 Å². The van der Waals surface area contributed by atoms with Crippen LogP contribution in [0.5, 0.6) is 0 Å². The second-order valence-corrected chi connectivity index (χ2v) is 3.33. The lowest BCUT2D eigenvalue weighted by Crippen LogP contribution is -2.07. The van der Waals surface area contributed by atoms with Gasteiger partial charge in [-0.05, 0) is 6.42 Å². The summed E-state index contributed by atoms with van der Waals surface area (Å²) in [5.41, 5.74) is 0. The van der Waals surface area contributed by atoms with Gasteiger partial charge in [0.15, 0.2) is 0 Å². The minimum Gasteiger partial charge on any atom is -0.273 e. The lowest BCUT2D eigenvalue weighted by molar-refractivity contribution is 0.392. The molecule has 0 aromatic rings. The van der Waals surface area contributed by atoms with Gasteiger partial charge in [0, 0.05) is 0 Å². The van der Waals surface area contributed by atoms with Crippen LogP contribution in [0.1, 0.15) is 6.42 Å². The molecule has 0 heterocycles. The van der Waals surface area contributed by atoms with Crippen molar-refractivity contribution in [3.63, 3.8) is 0 Å². The maximum absolute atomic E-state index is 11.3. The zero-order valence-corrected chi connectivity index (χ0v) is 5.95. The van der Waals surface area contributed by atoms with Crippen molar-refractivity contribution in [3.8, 4) is 0 Å². The van der Waals surface area contributed by atoms with E-state index in [-0.39, 0.29) is 12.2 Å². The largest absolute Gasteiger partial charge is 0.273 e. The summed E-state index contributed by atoms with van der Waals surface area (Å²) < 4.78 is 36.1. The van der Waals surface area contributed by atoms with Gasteiger partial charge in [-0.15, -0.1) is 0 Å². The van der Waals surface area contributed by atoms with Crippen LogP contribution < -0.4 is 0 Å². The second kappa shape index (κ2) is 3.79. The third-order valence-corrected chi connectivity index (χ3v) is 2.08. The summed E-state index contributed by atoms with van der Waals surface area (Å²) >= 11 is 0. The molecular formula is C4H9FO3S. The molecular weight excluding hydrogens is 147 g/mol. The predicted molar refractivity (Wildman–Crippen MR) is 31.4 cm³/mol. The summed E-state index contributed by atoms with van der Waals surface area (Å²) in [6, 6.07) is 0. The van der Waals surface area contributed by atoms with E-state index >= 15 is 0 Å². The lowest BCUT2D eigenvalue weighted by atomic mass is 10.6. The van der Waals surface area contributed by atoms with E-state index in [9.17, 15) is 12.8 Å². The van der Waals surface area contributed by atoms with Gasteiger partial charge < -0.3 is 0 Å². The molecule has 0 atom stereocenters. The smallest absolute Gasteiger partial charge is 0.267 e. The highest BCUT2D eigenvalue weighted by Gasteiger charge is 2.06. The molecule has 0 aliphatic carbocycles. The molecule has 0 saturated carbocycles. The van der Waals surface area contributed by atoms with Crippen molar-refractivity contribution in [2.24, 2.45) is 0 Å². The Balaban J connectivity index is 3.61. The van der Waals surface area contributed by atoms with Crippen molar-refractivity contribution in [1.29, 1.82) is 0 Å².